The zero-order valence-corrected chi connectivity index (χ0v) is 12.4. The second-order valence-electron chi connectivity index (χ2n) is 5.62. The number of hydrogen-bond acceptors (Lipinski definition) is 6. The van der Waals surface area contributed by atoms with Crippen LogP contribution in [0.1, 0.15) is 25.7 Å². The third kappa shape index (κ3) is 3.26. The van der Waals surface area contributed by atoms with E-state index in [0.717, 1.165) is 43.8 Å². The third-order valence-corrected chi connectivity index (χ3v) is 4.47. The topological polar surface area (TPSA) is 62.4 Å². The Kier molecular flexibility index (Phi) is 3.87. The minimum absolute atomic E-state index is 0.517. The lowest BCUT2D eigenvalue weighted by molar-refractivity contribution is 0.0686. The molecule has 1 fully saturated rings. The number of nitrogens with zero attached hydrogens (tertiary/aromatic N) is 3. The first-order valence-corrected chi connectivity index (χ1v) is 7.82. The van der Waals surface area contributed by atoms with E-state index in [1.165, 1.54) is 0 Å². The van der Waals surface area contributed by atoms with Crippen LogP contribution in [0.5, 0.6) is 0 Å². The molecule has 3 rings (SSSR count). The Bertz CT molecular complexity index is 551. The van der Waals surface area contributed by atoms with Crippen molar-refractivity contribution in [2.75, 3.05) is 19.6 Å². The Hall–Kier alpha value is -1.24. The number of aliphatic hydroxyl groups is 1. The van der Waals surface area contributed by atoms with Crippen LogP contribution in [0.25, 0.3) is 10.7 Å². The Labute approximate surface area is 122 Å². The van der Waals surface area contributed by atoms with Gasteiger partial charge in [0.05, 0.1) is 10.5 Å². The predicted molar refractivity (Wildman–Crippen MR) is 77.6 cm³/mol. The molecule has 1 aliphatic rings. The molecule has 0 amide bonds. The summed E-state index contributed by atoms with van der Waals surface area (Å²) in [5, 5.41) is 15.9. The van der Waals surface area contributed by atoms with Crippen LogP contribution in [0.4, 0.5) is 0 Å². The largest absolute Gasteiger partial charge is 0.389 e. The van der Waals surface area contributed by atoms with Crippen LogP contribution in [-0.2, 0) is 6.42 Å². The Morgan fingerprint density at radius 3 is 3.15 bits per heavy atom. The first-order valence-electron chi connectivity index (χ1n) is 6.94. The molecule has 3 heterocycles. The summed E-state index contributed by atoms with van der Waals surface area (Å²) in [7, 11) is 0. The molecule has 0 spiro atoms. The van der Waals surface area contributed by atoms with Crippen molar-refractivity contribution < 1.29 is 9.63 Å². The maximum Gasteiger partial charge on any atom is 0.227 e. The minimum Gasteiger partial charge on any atom is -0.389 e. The van der Waals surface area contributed by atoms with Gasteiger partial charge in [-0.2, -0.15) is 4.98 Å². The molecular formula is C14H19N3O2S. The standard InChI is InChI=1S/C14H19N3O2S/c1-14(18)6-8-17(10-14)7-2-5-12-15-13(16-19-12)11-4-3-9-20-11/h3-4,9,18H,2,5-8,10H2,1H3. The molecule has 1 unspecified atom stereocenters. The van der Waals surface area contributed by atoms with Crippen molar-refractivity contribution in [3.8, 4) is 10.7 Å². The van der Waals surface area contributed by atoms with Crippen molar-refractivity contribution >= 4 is 11.3 Å². The van der Waals surface area contributed by atoms with Crippen molar-refractivity contribution in [1.82, 2.24) is 15.0 Å². The molecule has 1 N–H and O–H groups in total. The minimum atomic E-state index is -0.517. The van der Waals surface area contributed by atoms with Gasteiger partial charge in [-0.1, -0.05) is 11.2 Å². The fourth-order valence-electron chi connectivity index (χ4n) is 2.55. The lowest BCUT2D eigenvalue weighted by Crippen LogP contribution is -2.30. The molecule has 0 saturated carbocycles. The average Bonchev–Trinajstić information content (AvgIpc) is 3.09. The second kappa shape index (κ2) is 5.63. The van der Waals surface area contributed by atoms with Crippen molar-refractivity contribution in [3.63, 3.8) is 0 Å². The molecule has 2 aromatic heterocycles. The number of hydrogen-bond donors (Lipinski definition) is 1. The first kappa shape index (κ1) is 13.7. The van der Waals surface area contributed by atoms with Crippen LogP contribution in [0.15, 0.2) is 22.0 Å². The molecule has 0 radical (unpaired) electrons. The summed E-state index contributed by atoms with van der Waals surface area (Å²) in [6.07, 6.45) is 2.62. The highest BCUT2D eigenvalue weighted by Crippen LogP contribution is 2.22. The van der Waals surface area contributed by atoms with Gasteiger partial charge in [-0.25, -0.2) is 0 Å². The van der Waals surface area contributed by atoms with Gasteiger partial charge >= 0.3 is 0 Å². The molecule has 1 saturated heterocycles. The van der Waals surface area contributed by atoms with Crippen LogP contribution in [-0.4, -0.2) is 45.4 Å². The Morgan fingerprint density at radius 1 is 1.55 bits per heavy atom. The van der Waals surface area contributed by atoms with Gasteiger partial charge in [0.25, 0.3) is 0 Å². The van der Waals surface area contributed by atoms with Gasteiger partial charge in [-0.15, -0.1) is 11.3 Å². The molecule has 0 aliphatic carbocycles. The normalized spacial score (nSPS) is 23.5. The van der Waals surface area contributed by atoms with Crippen LogP contribution in [0.2, 0.25) is 0 Å². The summed E-state index contributed by atoms with van der Waals surface area (Å²) >= 11 is 1.61. The number of likely N-dealkylation sites (tertiary alicyclic amines) is 1. The second-order valence-corrected chi connectivity index (χ2v) is 6.56. The van der Waals surface area contributed by atoms with Crippen molar-refractivity contribution in [2.24, 2.45) is 0 Å². The summed E-state index contributed by atoms with van der Waals surface area (Å²) < 4.78 is 5.27. The van der Waals surface area contributed by atoms with Crippen LogP contribution in [0.3, 0.4) is 0 Å². The number of aryl methyl sites for hydroxylation is 1. The van der Waals surface area contributed by atoms with Gasteiger partial charge in [-0.3, -0.25) is 0 Å². The van der Waals surface area contributed by atoms with E-state index < -0.39 is 5.60 Å². The van der Waals surface area contributed by atoms with E-state index in [1.54, 1.807) is 11.3 Å². The van der Waals surface area contributed by atoms with E-state index in [0.29, 0.717) is 11.7 Å². The zero-order chi connectivity index (χ0) is 14.0. The monoisotopic (exact) mass is 293 g/mol. The number of rotatable bonds is 5. The molecule has 20 heavy (non-hydrogen) atoms. The van der Waals surface area contributed by atoms with Crippen LogP contribution < -0.4 is 0 Å². The van der Waals surface area contributed by atoms with Gasteiger partial charge in [0.1, 0.15) is 0 Å². The highest BCUT2D eigenvalue weighted by molar-refractivity contribution is 7.13. The summed E-state index contributed by atoms with van der Waals surface area (Å²) in [5.74, 6) is 1.37. The smallest absolute Gasteiger partial charge is 0.227 e. The Balaban J connectivity index is 1.48. The maximum absolute atomic E-state index is 9.91. The lowest BCUT2D eigenvalue weighted by Gasteiger charge is -2.18. The Morgan fingerprint density at radius 2 is 2.45 bits per heavy atom. The summed E-state index contributed by atoms with van der Waals surface area (Å²) in [6, 6.07) is 3.97. The van der Waals surface area contributed by atoms with Crippen molar-refractivity contribution in [3.05, 3.63) is 23.4 Å². The molecule has 1 atom stereocenters. The van der Waals surface area contributed by atoms with Gasteiger partial charge < -0.3 is 14.5 Å². The number of β-amino-alcohol motifs (C(OH)–C–C–N with tert-alkyl or cyclic N) is 1. The molecule has 1 aliphatic heterocycles. The van der Waals surface area contributed by atoms with Crippen LogP contribution >= 0.6 is 11.3 Å². The molecular weight excluding hydrogens is 274 g/mol. The lowest BCUT2D eigenvalue weighted by atomic mass is 10.1. The fraction of sp³-hybridized carbons (Fsp3) is 0.571. The van der Waals surface area contributed by atoms with E-state index in [4.69, 9.17) is 4.52 Å². The molecule has 6 heteroatoms. The molecule has 0 aromatic carbocycles. The van der Waals surface area contributed by atoms with E-state index in [-0.39, 0.29) is 0 Å². The van der Waals surface area contributed by atoms with Gasteiger partial charge in [-0.05, 0) is 37.8 Å². The number of aromatic nitrogens is 2. The predicted octanol–water partition coefficient (Wildman–Crippen LogP) is 2.19. The highest BCUT2D eigenvalue weighted by Gasteiger charge is 2.30. The average molecular weight is 293 g/mol. The van der Waals surface area contributed by atoms with Gasteiger partial charge in [0.2, 0.25) is 11.7 Å². The highest BCUT2D eigenvalue weighted by atomic mass is 32.1. The zero-order valence-electron chi connectivity index (χ0n) is 11.6. The van der Waals surface area contributed by atoms with E-state index in [1.807, 2.05) is 24.4 Å². The third-order valence-electron chi connectivity index (χ3n) is 3.61. The maximum atomic E-state index is 9.91. The summed E-state index contributed by atoms with van der Waals surface area (Å²) in [5.41, 5.74) is -0.517. The van der Waals surface area contributed by atoms with Crippen LogP contribution in [0, 0.1) is 0 Å². The SMILES string of the molecule is CC1(O)CCN(CCCc2nc(-c3cccs3)no2)C1. The quantitative estimate of drug-likeness (QED) is 0.915. The van der Waals surface area contributed by atoms with Crippen molar-refractivity contribution in [1.29, 1.82) is 0 Å². The van der Waals surface area contributed by atoms with E-state index >= 15 is 0 Å². The molecule has 0 bridgehead atoms. The summed E-state index contributed by atoms with van der Waals surface area (Å²) in [6.45, 7) is 4.60. The number of thiophene rings is 1. The van der Waals surface area contributed by atoms with Gasteiger partial charge in [0, 0.05) is 19.5 Å². The summed E-state index contributed by atoms with van der Waals surface area (Å²) in [4.78, 5) is 7.74. The first-order chi connectivity index (χ1) is 9.62. The molecule has 5 nitrogen and oxygen atoms in total. The molecule has 108 valence electrons. The van der Waals surface area contributed by atoms with E-state index in [9.17, 15) is 5.11 Å². The van der Waals surface area contributed by atoms with Crippen molar-refractivity contribution in [2.45, 2.75) is 31.8 Å². The fourth-order valence-corrected chi connectivity index (χ4v) is 3.20. The molecule has 2 aromatic rings. The van der Waals surface area contributed by atoms with Gasteiger partial charge in [0.15, 0.2) is 0 Å². The van der Waals surface area contributed by atoms with E-state index in [2.05, 4.69) is 15.0 Å².